The maximum absolute atomic E-state index is 13.2. The van der Waals surface area contributed by atoms with Crippen LogP contribution in [0.25, 0.3) is 87.5 Å². The molecule has 139 heavy (non-hydrogen) atoms. The number of amides is 4. The van der Waals surface area contributed by atoms with Crippen molar-refractivity contribution in [2.75, 3.05) is 62.9 Å². The van der Waals surface area contributed by atoms with Crippen molar-refractivity contribution in [1.29, 1.82) is 0 Å². The quantitative estimate of drug-likeness (QED) is 0.0256. The zero-order chi connectivity index (χ0) is 100.0. The summed E-state index contributed by atoms with van der Waals surface area (Å²) in [7, 11) is 8.08. The summed E-state index contributed by atoms with van der Waals surface area (Å²) < 4.78 is 7.09. The van der Waals surface area contributed by atoms with Crippen molar-refractivity contribution in [2.24, 2.45) is 23.8 Å². The largest absolute Gasteiger partial charge is 0.399 e. The molecular weight excluding hydrogens is 1730 g/mol. The lowest BCUT2D eigenvalue weighted by Gasteiger charge is -2.32. The first-order valence-corrected chi connectivity index (χ1v) is 50.1. The summed E-state index contributed by atoms with van der Waals surface area (Å²) in [6, 6.07) is 82.6. The van der Waals surface area contributed by atoms with Gasteiger partial charge in [0, 0.05) is 168 Å². The van der Waals surface area contributed by atoms with E-state index in [4.69, 9.17) is 17.2 Å². The Hall–Kier alpha value is -13.2. The number of para-hydroxylation sites is 2. The average Bonchev–Trinajstić information content (AvgIpc) is 0.981. The van der Waals surface area contributed by atoms with Gasteiger partial charge in [0.25, 0.3) is 23.6 Å². The Morgan fingerprint density at radius 2 is 0.892 bits per heavy atom. The van der Waals surface area contributed by atoms with E-state index in [0.29, 0.717) is 80.2 Å². The van der Waals surface area contributed by atoms with Gasteiger partial charge in [0.2, 0.25) is 27.9 Å². The van der Waals surface area contributed by atoms with Crippen molar-refractivity contribution in [3.63, 3.8) is 0 Å². The van der Waals surface area contributed by atoms with Gasteiger partial charge in [-0.1, -0.05) is 239 Å². The van der Waals surface area contributed by atoms with Crippen LogP contribution in [0.3, 0.4) is 0 Å². The highest BCUT2D eigenvalue weighted by atomic mass is 32.2. The number of nitrogens with two attached hydrogens (primary N) is 3. The molecule has 0 saturated heterocycles. The third-order valence-corrected chi connectivity index (χ3v) is 28.7. The molecule has 16 nitrogen and oxygen atoms in total. The second-order valence-electron chi connectivity index (χ2n) is 44.2. The summed E-state index contributed by atoms with van der Waals surface area (Å²) >= 11 is 1.99. The number of benzene rings is 12. The Morgan fingerprint density at radius 1 is 0.424 bits per heavy atom. The molecular formula is C122H139N10O6S+3. The van der Waals surface area contributed by atoms with E-state index < -0.39 is 0 Å². The monoisotopic (exact) mass is 1870 g/mol. The van der Waals surface area contributed by atoms with Crippen molar-refractivity contribution in [3.8, 4) is 22.5 Å². The van der Waals surface area contributed by atoms with Crippen LogP contribution >= 0.6 is 11.8 Å². The fourth-order valence-electron chi connectivity index (χ4n) is 19.8. The number of pyridine rings is 3. The second kappa shape index (κ2) is 40.3. The normalized spacial score (nSPS) is 14.2. The Kier molecular flexibility index (Phi) is 29.1. The fourth-order valence-corrected chi connectivity index (χ4v) is 21.1. The highest BCUT2D eigenvalue weighted by Crippen LogP contribution is 2.46. The lowest BCUT2D eigenvalue weighted by molar-refractivity contribution is -0.671. The van der Waals surface area contributed by atoms with Gasteiger partial charge in [-0.15, -0.1) is 0 Å². The van der Waals surface area contributed by atoms with Crippen molar-refractivity contribution in [2.45, 2.75) is 209 Å². The van der Waals surface area contributed by atoms with Crippen LogP contribution in [-0.2, 0) is 49.2 Å². The summed E-state index contributed by atoms with van der Waals surface area (Å²) in [6.07, 6.45) is 9.73. The number of hydrogen-bond donors (Lipinski definition) is 3. The fraction of sp³-hybridized carbons (Fsp3) is 0.336. The number of carbonyl (C=O) groups is 6. The first-order valence-electron chi connectivity index (χ1n) is 49.3. The van der Waals surface area contributed by atoms with Crippen LogP contribution in [0.5, 0.6) is 0 Å². The minimum Gasteiger partial charge on any atom is -0.399 e. The zero-order valence-corrected chi connectivity index (χ0v) is 86.3. The number of imide groups is 2. The van der Waals surface area contributed by atoms with E-state index in [2.05, 4.69) is 315 Å². The Balaban J connectivity index is 0.000000132. The summed E-state index contributed by atoms with van der Waals surface area (Å²) in [5.74, 6) is -0.807. The molecule has 1 unspecified atom stereocenters. The molecule has 17 heteroatoms. The average molecular weight is 1870 g/mol. The van der Waals surface area contributed by atoms with Gasteiger partial charge in [-0.25, -0.2) is 0 Å². The predicted octanol–water partition coefficient (Wildman–Crippen LogP) is 25.6. The maximum Gasteiger partial charge on any atom is 0.261 e. The molecule has 3 aliphatic heterocycles. The Morgan fingerprint density at radius 3 is 1.42 bits per heavy atom. The topological polar surface area (TPSA) is 205 Å². The van der Waals surface area contributed by atoms with Crippen LogP contribution in [-0.4, -0.2) is 96.0 Å². The molecule has 4 aliphatic rings. The number of carbonyl (C=O) groups excluding carboxylic acids is 6. The first kappa shape index (κ1) is 100. The van der Waals surface area contributed by atoms with Gasteiger partial charge in [-0.2, -0.15) is 13.7 Å². The SMILES string of the molecule is CC(C)(C)Cc1ccc2c(c1)C(=O)c1ccccc1C2=O.CC(C)CCCC[n+]1ccc(CC2Sc3ccccc3N2C)c2ccccc21.CC[n+]1c(-c2ccc(C(C)(C)C)cc2)c2cc(C(C)(C)C)ccc2c2ccc(N)cc21.CN(C)CCN1C(=O)c2ccc3c4c(ccc(c24)C1=O)C(=O)N(CCCC(C)(C)C)C3=O.C[n+]1c(-c2ccc(C(C)(C)C)cc2)c2cc(N)ccc2c2ccc(N)cc21. The molecule has 1 aliphatic carbocycles. The number of ketones is 2. The van der Waals surface area contributed by atoms with Crippen LogP contribution in [0.2, 0.25) is 0 Å². The maximum atomic E-state index is 13.2. The molecule has 4 amide bonds. The van der Waals surface area contributed by atoms with Crippen LogP contribution in [0.1, 0.15) is 258 Å². The Bertz CT molecular complexity index is 7230. The van der Waals surface area contributed by atoms with Gasteiger partial charge in [0.05, 0.1) is 32.6 Å². The van der Waals surface area contributed by atoms with E-state index in [0.717, 1.165) is 77.5 Å². The number of nitrogens with zero attached hydrogens (tertiary/aromatic N) is 7. The molecule has 0 bridgehead atoms. The molecule has 0 radical (unpaired) electrons. The van der Waals surface area contributed by atoms with Crippen molar-refractivity contribution >= 4 is 135 Å². The molecule has 716 valence electrons. The summed E-state index contributed by atoms with van der Waals surface area (Å²) in [6.45, 7) is 43.2. The molecule has 12 aromatic carbocycles. The van der Waals surface area contributed by atoms with Crippen LogP contribution in [0, 0.1) is 16.7 Å². The van der Waals surface area contributed by atoms with Crippen molar-refractivity contribution in [1.82, 2.24) is 14.7 Å². The van der Waals surface area contributed by atoms with Gasteiger partial charge < -0.3 is 27.0 Å². The van der Waals surface area contributed by atoms with Gasteiger partial charge in [-0.05, 0) is 223 Å². The number of aromatic nitrogens is 3. The van der Waals surface area contributed by atoms with E-state index in [-0.39, 0.29) is 68.8 Å². The summed E-state index contributed by atoms with van der Waals surface area (Å²) in [4.78, 5) is 86.1. The van der Waals surface area contributed by atoms with E-state index in [1.165, 1.54) is 122 Å². The third-order valence-electron chi connectivity index (χ3n) is 27.3. The number of unbranched alkanes of at least 4 members (excludes halogenated alkanes) is 1. The van der Waals surface area contributed by atoms with E-state index in [9.17, 15) is 28.8 Å². The number of anilines is 4. The third kappa shape index (κ3) is 21.5. The molecule has 6 heterocycles. The van der Waals surface area contributed by atoms with Gasteiger partial charge in [0.1, 0.15) is 20.1 Å². The highest BCUT2D eigenvalue weighted by Gasteiger charge is 2.41. The van der Waals surface area contributed by atoms with Crippen LogP contribution in [0.4, 0.5) is 22.7 Å². The smallest absolute Gasteiger partial charge is 0.261 e. The number of likely N-dealkylation sites (N-methyl/N-ethyl adjacent to an activating group) is 2. The lowest BCUT2D eigenvalue weighted by Crippen LogP contribution is -2.45. The summed E-state index contributed by atoms with van der Waals surface area (Å²) in [5.41, 5.74) is 41.4. The number of aryl methyl sites for hydroxylation is 3. The first-order chi connectivity index (χ1) is 65.8. The molecule has 0 fully saturated rings. The number of thioether (sulfide) groups is 1. The number of nitrogen functional groups attached to an aromatic ring is 3. The number of fused-ring (bicyclic) bond motifs is 10. The minimum absolute atomic E-state index is 0.0454. The molecule has 6 N–H and O–H groups in total. The van der Waals surface area contributed by atoms with E-state index in [1.54, 1.807) is 54.6 Å². The van der Waals surface area contributed by atoms with Gasteiger partial charge >= 0.3 is 0 Å². The number of rotatable bonds is 17. The molecule has 1 atom stereocenters. The lowest BCUT2D eigenvalue weighted by atomic mass is 9.81. The molecule has 19 rings (SSSR count). The highest BCUT2D eigenvalue weighted by molar-refractivity contribution is 8.00. The molecule has 0 spiro atoms. The van der Waals surface area contributed by atoms with E-state index >= 15 is 0 Å². The van der Waals surface area contributed by atoms with Crippen molar-refractivity contribution in [3.05, 3.63) is 321 Å². The Labute approximate surface area is 826 Å². The predicted molar refractivity (Wildman–Crippen MR) is 576 cm³/mol. The summed E-state index contributed by atoms with van der Waals surface area (Å²) in [5, 5.41) is 10.1. The molecule has 15 aromatic rings. The second-order valence-corrected chi connectivity index (χ2v) is 45.4. The standard InChI is InChI=1S/C29H34N2.C25H29N3O4.C25H31N2S.C24H25N3.C19H18O2/c1-8-31-26-18-22(30)14-16-24(26)23-15-13-21(29(5,6)7)17-25(23)27(31)19-9-11-20(12-10-19)28(2,3)4;1-25(2,3)11-6-12-27-21(29)15-7-9-17-20-18(10-8-16(19(15)20)22(27)30)24(32)28(23(17)31)14-13-26(4)5;1-19(2)10-8-9-16-27-17-15-20(21-11-4-5-12-22(21)27)18-25-26(3)23-13-6-7-14-24(23)28-25;1-24(2,3)16-7-5-15(6-8-16)23-21-13-17(25)9-11-19(21)20-12-10-18(26)14-22(20)27(23)4;1-19(2,3)11-12-8-9-15-16(10-12)18(21)14-7-5-4-6-13(14)17(15)20/h9-18,30H,8H2,1-7H3;7-10H,6,11-14H2,1-5H3;4-7,11-15,17,19,25H,8-10,16,18H2,1-3H3;5-14,26H,25H2,1-4H3;4-10H,11H2,1-3H3/q;;+1;;/p+2. The van der Waals surface area contributed by atoms with Crippen LogP contribution in [0.15, 0.2) is 254 Å². The molecule has 0 saturated carbocycles. The van der Waals surface area contributed by atoms with Crippen LogP contribution < -0.4 is 35.8 Å². The minimum atomic E-state index is -0.388. The van der Waals surface area contributed by atoms with Gasteiger partial charge in [-0.3, -0.25) is 38.6 Å². The number of hydrogen-bond acceptors (Lipinski definition) is 12. The van der Waals surface area contributed by atoms with Crippen molar-refractivity contribution < 1.29 is 42.5 Å². The molecule has 3 aromatic heterocycles. The van der Waals surface area contributed by atoms with E-state index in [1.807, 2.05) is 67.2 Å². The van der Waals surface area contributed by atoms with Gasteiger partial charge in [0.15, 0.2) is 17.8 Å². The zero-order valence-electron chi connectivity index (χ0n) is 85.5.